The van der Waals surface area contributed by atoms with E-state index >= 15 is 0 Å². The fourth-order valence-corrected chi connectivity index (χ4v) is 6.67. The van der Waals surface area contributed by atoms with Crippen LogP contribution in [-0.4, -0.2) is 38.3 Å². The summed E-state index contributed by atoms with van der Waals surface area (Å²) in [4.78, 5) is 26.0. The normalized spacial score (nSPS) is 15.8. The number of aromatic nitrogens is 4. The molecule has 0 atom stereocenters. The fraction of sp³-hybridized carbons (Fsp3) is 0.304. The number of carbonyl (C=O) groups is 1. The van der Waals surface area contributed by atoms with Gasteiger partial charge in [0.05, 0.1) is 15.8 Å². The van der Waals surface area contributed by atoms with Crippen LogP contribution in [0.15, 0.2) is 64.3 Å². The first-order valence-corrected chi connectivity index (χ1v) is 12.1. The molecule has 0 spiro atoms. The van der Waals surface area contributed by atoms with E-state index in [1.165, 1.54) is 16.7 Å². The molecule has 1 fully saturated rings. The van der Waals surface area contributed by atoms with E-state index in [9.17, 15) is 18.0 Å². The second kappa shape index (κ2) is 7.80. The number of rotatable bonds is 5. The molecule has 2 heterocycles. The molecule has 0 bridgehead atoms. The van der Waals surface area contributed by atoms with Gasteiger partial charge in [-0.2, -0.15) is 0 Å². The molecule has 0 radical (unpaired) electrons. The number of para-hydroxylation sites is 1. The number of aryl methyl sites for hydroxylation is 1. The van der Waals surface area contributed by atoms with Crippen molar-refractivity contribution in [2.75, 3.05) is 0 Å². The number of fused-ring (bicyclic) bond motifs is 3. The van der Waals surface area contributed by atoms with Gasteiger partial charge in [0.15, 0.2) is 27.0 Å². The van der Waals surface area contributed by atoms with Crippen molar-refractivity contribution in [3.8, 4) is 0 Å². The molecule has 1 aliphatic carbocycles. The third kappa shape index (κ3) is 3.16. The van der Waals surface area contributed by atoms with Crippen molar-refractivity contribution in [2.45, 2.75) is 41.9 Å². The van der Waals surface area contributed by atoms with E-state index in [0.717, 1.165) is 0 Å². The largest absolute Gasteiger partial charge is 0.456 e. The zero-order valence-electron chi connectivity index (χ0n) is 18.0. The maximum atomic E-state index is 13.5. The summed E-state index contributed by atoms with van der Waals surface area (Å²) >= 11 is 0. The third-order valence-corrected chi connectivity index (χ3v) is 8.87. The predicted octanol–water partition coefficient (Wildman–Crippen LogP) is 2.41. The summed E-state index contributed by atoms with van der Waals surface area (Å²) < 4.78 is 33.9. The molecule has 0 aliphatic heterocycles. The first-order chi connectivity index (χ1) is 15.9. The minimum absolute atomic E-state index is 0.109. The second-order valence-electron chi connectivity index (χ2n) is 8.23. The first-order valence-electron chi connectivity index (χ1n) is 10.7. The smallest absolute Gasteiger partial charge is 0.328 e. The van der Waals surface area contributed by atoms with Crippen LogP contribution in [-0.2, 0) is 33.0 Å². The first kappa shape index (κ1) is 21.3. The lowest BCUT2D eigenvalue weighted by Crippen LogP contribution is -2.45. The Morgan fingerprint density at radius 1 is 1.03 bits per heavy atom. The minimum atomic E-state index is -3.94. The van der Waals surface area contributed by atoms with E-state index in [0.29, 0.717) is 35.3 Å². The molecule has 9 nitrogen and oxygen atoms in total. The predicted molar refractivity (Wildman–Crippen MR) is 120 cm³/mol. The van der Waals surface area contributed by atoms with Crippen molar-refractivity contribution in [3.05, 3.63) is 70.8 Å². The molecule has 33 heavy (non-hydrogen) atoms. The Morgan fingerprint density at radius 2 is 1.70 bits per heavy atom. The van der Waals surface area contributed by atoms with Gasteiger partial charge in [0.2, 0.25) is 5.78 Å². The quantitative estimate of drug-likeness (QED) is 0.415. The molecule has 2 aromatic heterocycles. The van der Waals surface area contributed by atoms with Gasteiger partial charge in [0.1, 0.15) is 0 Å². The van der Waals surface area contributed by atoms with Crippen molar-refractivity contribution in [1.82, 2.24) is 19.2 Å². The number of nitrogens with zero attached hydrogens (tertiary/aromatic N) is 4. The number of ether oxygens (including phenoxy) is 1. The van der Waals surface area contributed by atoms with Gasteiger partial charge in [-0.15, -0.1) is 10.2 Å². The van der Waals surface area contributed by atoms with E-state index < -0.39 is 20.6 Å². The van der Waals surface area contributed by atoms with E-state index in [2.05, 4.69) is 10.2 Å². The van der Waals surface area contributed by atoms with Crippen molar-refractivity contribution in [1.29, 1.82) is 0 Å². The van der Waals surface area contributed by atoms with Gasteiger partial charge in [0, 0.05) is 7.05 Å². The van der Waals surface area contributed by atoms with E-state index in [4.69, 9.17) is 4.74 Å². The lowest BCUT2D eigenvalue weighted by molar-refractivity contribution is -0.148. The van der Waals surface area contributed by atoms with E-state index in [1.54, 1.807) is 53.9 Å². The number of hydrogen-bond acceptors (Lipinski definition) is 7. The van der Waals surface area contributed by atoms with Gasteiger partial charge in [0.25, 0.3) is 5.56 Å². The Kier molecular flexibility index (Phi) is 5.04. The van der Waals surface area contributed by atoms with Crippen molar-refractivity contribution < 1.29 is 17.9 Å². The molecule has 1 saturated carbocycles. The summed E-state index contributed by atoms with van der Waals surface area (Å²) in [5.74, 6) is -0.178. The van der Waals surface area contributed by atoms with Gasteiger partial charge in [-0.3, -0.25) is 18.6 Å². The molecule has 0 unspecified atom stereocenters. The highest BCUT2D eigenvalue weighted by atomic mass is 32.2. The molecule has 0 N–H and O–H groups in total. The van der Waals surface area contributed by atoms with Crippen LogP contribution in [0, 0.1) is 0 Å². The van der Waals surface area contributed by atoms with Crippen LogP contribution in [0.2, 0.25) is 0 Å². The van der Waals surface area contributed by atoms with Crippen LogP contribution < -0.4 is 5.56 Å². The zero-order valence-corrected chi connectivity index (χ0v) is 18.8. The van der Waals surface area contributed by atoms with Crippen LogP contribution in [0.4, 0.5) is 0 Å². The van der Waals surface area contributed by atoms with Crippen molar-refractivity contribution >= 4 is 32.5 Å². The molecule has 0 amide bonds. The second-order valence-corrected chi connectivity index (χ2v) is 10.5. The Balaban J connectivity index is 1.52. The average Bonchev–Trinajstić information content (AvgIpc) is 3.50. The number of carbonyl (C=O) groups excluding carboxylic acids is 1. The number of benzene rings is 2. The molecular formula is C23H22N4O5S. The molecule has 5 rings (SSSR count). The average molecular weight is 467 g/mol. The fourth-order valence-electron chi connectivity index (χ4n) is 4.60. The van der Waals surface area contributed by atoms with Crippen LogP contribution >= 0.6 is 0 Å². The van der Waals surface area contributed by atoms with Gasteiger partial charge in [-0.25, -0.2) is 8.42 Å². The Morgan fingerprint density at radius 3 is 2.42 bits per heavy atom. The summed E-state index contributed by atoms with van der Waals surface area (Å²) in [6.07, 6.45) is 1.67. The molecule has 1 aliphatic rings. The summed E-state index contributed by atoms with van der Waals surface area (Å²) in [7, 11) is -2.35. The van der Waals surface area contributed by atoms with Gasteiger partial charge >= 0.3 is 5.97 Å². The number of esters is 1. The summed E-state index contributed by atoms with van der Waals surface area (Å²) in [6.45, 7) is -0.270. The molecule has 0 saturated heterocycles. The summed E-state index contributed by atoms with van der Waals surface area (Å²) in [5, 5.41) is 8.67. The van der Waals surface area contributed by atoms with Crippen LogP contribution in [0.1, 0.15) is 31.5 Å². The van der Waals surface area contributed by atoms with Gasteiger partial charge in [-0.05, 0) is 37.1 Å². The van der Waals surface area contributed by atoms with E-state index in [-0.39, 0.29) is 29.9 Å². The monoisotopic (exact) mass is 466 g/mol. The third-order valence-electron chi connectivity index (χ3n) is 6.38. The van der Waals surface area contributed by atoms with Crippen LogP contribution in [0.3, 0.4) is 0 Å². The molecular weight excluding hydrogens is 444 g/mol. The molecule has 2 aromatic carbocycles. The highest BCUT2D eigenvalue weighted by Gasteiger charge is 2.54. The Bertz CT molecular complexity index is 1530. The van der Waals surface area contributed by atoms with Crippen LogP contribution in [0.25, 0.3) is 16.7 Å². The lowest BCUT2D eigenvalue weighted by Gasteiger charge is -2.26. The maximum Gasteiger partial charge on any atom is 0.328 e. The zero-order chi connectivity index (χ0) is 23.2. The SMILES string of the molecule is Cn1c(=O)c2ccccc2n2c(COC(=O)C3(S(=O)(=O)c4ccccc4)CCCC3)nnc12. The number of hydrogen-bond donors (Lipinski definition) is 0. The maximum absolute atomic E-state index is 13.5. The summed E-state index contributed by atoms with van der Waals surface area (Å²) in [6, 6.07) is 15.0. The van der Waals surface area contributed by atoms with Crippen molar-refractivity contribution in [2.24, 2.45) is 7.05 Å². The molecule has 10 heteroatoms. The van der Waals surface area contributed by atoms with Gasteiger partial charge in [-0.1, -0.05) is 43.2 Å². The Hall–Kier alpha value is -3.53. The molecule has 170 valence electrons. The van der Waals surface area contributed by atoms with Gasteiger partial charge < -0.3 is 4.74 Å². The van der Waals surface area contributed by atoms with Crippen LogP contribution in [0.5, 0.6) is 0 Å². The lowest BCUT2D eigenvalue weighted by atomic mass is 10.1. The topological polar surface area (TPSA) is 113 Å². The van der Waals surface area contributed by atoms with Crippen molar-refractivity contribution in [3.63, 3.8) is 0 Å². The summed E-state index contributed by atoms with van der Waals surface area (Å²) in [5.41, 5.74) is 0.368. The van der Waals surface area contributed by atoms with E-state index in [1.807, 2.05) is 0 Å². The Labute approximate surface area is 189 Å². The standard InChI is InChI=1S/C23H22N4O5S/c1-26-20(28)17-11-5-6-12-18(17)27-19(24-25-22(26)27)15-32-21(29)23(13-7-8-14-23)33(30,31)16-9-3-2-4-10-16/h2-6,9-12H,7-8,13-15H2,1H3. The minimum Gasteiger partial charge on any atom is -0.456 e. The highest BCUT2D eigenvalue weighted by molar-refractivity contribution is 7.93. The highest BCUT2D eigenvalue weighted by Crippen LogP contribution is 2.41. The number of sulfone groups is 1. The molecule has 4 aromatic rings.